The summed E-state index contributed by atoms with van der Waals surface area (Å²) in [5.41, 5.74) is 2.94. The molecular weight excluding hydrogens is 294 g/mol. The Bertz CT molecular complexity index is 664. The maximum atomic E-state index is 12.1. The molecule has 0 aromatic heterocycles. The summed E-state index contributed by atoms with van der Waals surface area (Å²) in [5.74, 6) is 0.454. The molecule has 0 spiro atoms. The van der Waals surface area contributed by atoms with Crippen LogP contribution in [0.5, 0.6) is 0 Å². The Hall–Kier alpha value is -1.36. The summed E-state index contributed by atoms with van der Waals surface area (Å²) in [5, 5.41) is 0. The first-order valence-electron chi connectivity index (χ1n) is 6.21. The van der Waals surface area contributed by atoms with Gasteiger partial charge in [-0.25, -0.2) is 13.1 Å². The molecule has 0 aliphatic carbocycles. The predicted octanol–water partition coefficient (Wildman–Crippen LogP) is 3.21. The van der Waals surface area contributed by atoms with Gasteiger partial charge in [-0.15, -0.1) is 11.6 Å². The molecule has 20 heavy (non-hydrogen) atoms. The molecule has 5 heteroatoms. The highest BCUT2D eigenvalue weighted by molar-refractivity contribution is 7.89. The fourth-order valence-corrected chi connectivity index (χ4v) is 2.92. The Labute approximate surface area is 124 Å². The SMILES string of the molecule is Cc1ccc(S(=O)(=O)NCc2ccc(CCl)cc2)cc1. The van der Waals surface area contributed by atoms with Crippen LogP contribution in [0, 0.1) is 6.92 Å². The lowest BCUT2D eigenvalue weighted by atomic mass is 10.1. The van der Waals surface area contributed by atoms with Gasteiger partial charge in [0.15, 0.2) is 0 Å². The van der Waals surface area contributed by atoms with Crippen molar-refractivity contribution in [3.05, 3.63) is 65.2 Å². The summed E-state index contributed by atoms with van der Waals surface area (Å²) in [6.07, 6.45) is 0. The second-order valence-electron chi connectivity index (χ2n) is 4.59. The van der Waals surface area contributed by atoms with E-state index in [9.17, 15) is 8.42 Å². The largest absolute Gasteiger partial charge is 0.240 e. The third-order valence-electron chi connectivity index (χ3n) is 2.97. The highest BCUT2D eigenvalue weighted by Gasteiger charge is 2.12. The molecule has 106 valence electrons. The number of alkyl halides is 1. The average Bonchev–Trinajstić information content (AvgIpc) is 2.46. The predicted molar refractivity (Wildman–Crippen MR) is 81.2 cm³/mol. The zero-order valence-corrected chi connectivity index (χ0v) is 12.7. The maximum Gasteiger partial charge on any atom is 0.240 e. The molecule has 0 amide bonds. The molecule has 0 radical (unpaired) electrons. The van der Waals surface area contributed by atoms with Crippen LogP contribution in [0.4, 0.5) is 0 Å². The molecule has 1 N–H and O–H groups in total. The molecule has 0 heterocycles. The van der Waals surface area contributed by atoms with Gasteiger partial charge in [0.2, 0.25) is 10.0 Å². The van der Waals surface area contributed by atoms with E-state index in [2.05, 4.69) is 4.72 Å². The van der Waals surface area contributed by atoms with E-state index in [0.29, 0.717) is 5.88 Å². The highest BCUT2D eigenvalue weighted by Crippen LogP contribution is 2.11. The molecule has 0 aliphatic rings. The fourth-order valence-electron chi connectivity index (χ4n) is 1.73. The number of hydrogen-bond donors (Lipinski definition) is 1. The second-order valence-corrected chi connectivity index (χ2v) is 6.62. The molecule has 0 bridgehead atoms. The van der Waals surface area contributed by atoms with Crippen LogP contribution in [0.2, 0.25) is 0 Å². The van der Waals surface area contributed by atoms with Gasteiger partial charge in [-0.2, -0.15) is 0 Å². The van der Waals surface area contributed by atoms with Crippen LogP contribution in [0.3, 0.4) is 0 Å². The quantitative estimate of drug-likeness (QED) is 0.862. The van der Waals surface area contributed by atoms with Crippen LogP contribution in [0.15, 0.2) is 53.4 Å². The number of rotatable bonds is 5. The van der Waals surface area contributed by atoms with Gasteiger partial charge < -0.3 is 0 Å². The lowest BCUT2D eigenvalue weighted by molar-refractivity contribution is 0.581. The molecule has 0 atom stereocenters. The van der Waals surface area contributed by atoms with Gasteiger partial charge in [-0.1, -0.05) is 42.0 Å². The van der Waals surface area contributed by atoms with Crippen LogP contribution < -0.4 is 4.72 Å². The van der Waals surface area contributed by atoms with E-state index >= 15 is 0 Å². The van der Waals surface area contributed by atoms with E-state index in [1.807, 2.05) is 31.2 Å². The Kier molecular flexibility index (Phi) is 4.81. The van der Waals surface area contributed by atoms with Crippen LogP contribution >= 0.6 is 11.6 Å². The Balaban J connectivity index is 2.06. The Morgan fingerprint density at radius 3 is 2.05 bits per heavy atom. The minimum absolute atomic E-state index is 0.263. The first kappa shape index (κ1) is 15.0. The van der Waals surface area contributed by atoms with Gasteiger partial charge in [0.25, 0.3) is 0 Å². The summed E-state index contributed by atoms with van der Waals surface area (Å²) in [6, 6.07) is 14.3. The third kappa shape index (κ3) is 3.82. The fraction of sp³-hybridized carbons (Fsp3) is 0.200. The smallest absolute Gasteiger partial charge is 0.207 e. The van der Waals surface area contributed by atoms with Crippen LogP contribution in [-0.2, 0) is 22.4 Å². The van der Waals surface area contributed by atoms with Crippen LogP contribution in [0.25, 0.3) is 0 Å². The minimum Gasteiger partial charge on any atom is -0.207 e. The molecule has 0 aliphatic heterocycles. The van der Waals surface area contributed by atoms with E-state index in [1.165, 1.54) is 0 Å². The number of benzene rings is 2. The molecular formula is C15H16ClNO2S. The van der Waals surface area contributed by atoms with E-state index in [1.54, 1.807) is 24.3 Å². The molecule has 3 nitrogen and oxygen atoms in total. The van der Waals surface area contributed by atoms with Gasteiger partial charge in [-0.3, -0.25) is 0 Å². The van der Waals surface area contributed by atoms with Gasteiger partial charge in [-0.05, 0) is 30.2 Å². The van der Waals surface area contributed by atoms with E-state index in [-0.39, 0.29) is 11.4 Å². The lowest BCUT2D eigenvalue weighted by Gasteiger charge is -2.07. The van der Waals surface area contributed by atoms with E-state index in [0.717, 1.165) is 16.7 Å². The van der Waals surface area contributed by atoms with Crippen molar-refractivity contribution >= 4 is 21.6 Å². The van der Waals surface area contributed by atoms with Crippen molar-refractivity contribution in [3.8, 4) is 0 Å². The first-order valence-corrected chi connectivity index (χ1v) is 8.23. The molecule has 0 unspecified atom stereocenters. The number of halogens is 1. The summed E-state index contributed by atoms with van der Waals surface area (Å²) < 4.78 is 26.8. The molecule has 0 saturated heterocycles. The van der Waals surface area contributed by atoms with E-state index < -0.39 is 10.0 Å². The van der Waals surface area contributed by atoms with Crippen molar-refractivity contribution in [2.45, 2.75) is 24.2 Å². The zero-order valence-electron chi connectivity index (χ0n) is 11.1. The number of sulfonamides is 1. The van der Waals surface area contributed by atoms with Gasteiger partial charge in [0, 0.05) is 12.4 Å². The monoisotopic (exact) mass is 309 g/mol. The molecule has 2 rings (SSSR count). The van der Waals surface area contributed by atoms with Crippen LogP contribution in [-0.4, -0.2) is 8.42 Å². The first-order chi connectivity index (χ1) is 9.51. The Morgan fingerprint density at radius 2 is 1.50 bits per heavy atom. The average molecular weight is 310 g/mol. The summed E-state index contributed by atoms with van der Waals surface area (Å²) >= 11 is 5.71. The summed E-state index contributed by atoms with van der Waals surface area (Å²) in [4.78, 5) is 0.278. The van der Waals surface area contributed by atoms with Crippen molar-refractivity contribution in [3.63, 3.8) is 0 Å². The van der Waals surface area contributed by atoms with Gasteiger partial charge in [0.05, 0.1) is 4.90 Å². The molecule has 0 saturated carbocycles. The van der Waals surface area contributed by atoms with E-state index in [4.69, 9.17) is 11.6 Å². The lowest BCUT2D eigenvalue weighted by Crippen LogP contribution is -2.23. The zero-order chi connectivity index (χ0) is 14.6. The van der Waals surface area contributed by atoms with Crippen molar-refractivity contribution in [2.75, 3.05) is 0 Å². The highest BCUT2D eigenvalue weighted by atomic mass is 35.5. The second kappa shape index (κ2) is 6.39. The minimum atomic E-state index is -3.47. The molecule has 2 aromatic carbocycles. The van der Waals surface area contributed by atoms with Crippen molar-refractivity contribution in [2.24, 2.45) is 0 Å². The third-order valence-corrected chi connectivity index (χ3v) is 4.70. The summed E-state index contributed by atoms with van der Waals surface area (Å²) in [6.45, 7) is 2.18. The molecule has 0 fully saturated rings. The normalized spacial score (nSPS) is 11.5. The number of hydrogen-bond acceptors (Lipinski definition) is 2. The van der Waals surface area contributed by atoms with Crippen molar-refractivity contribution in [1.29, 1.82) is 0 Å². The van der Waals surface area contributed by atoms with Crippen molar-refractivity contribution in [1.82, 2.24) is 4.72 Å². The number of nitrogens with one attached hydrogen (secondary N) is 1. The Morgan fingerprint density at radius 1 is 0.950 bits per heavy atom. The maximum absolute atomic E-state index is 12.1. The topological polar surface area (TPSA) is 46.2 Å². The number of aryl methyl sites for hydroxylation is 1. The van der Waals surface area contributed by atoms with Gasteiger partial charge in [0.1, 0.15) is 0 Å². The standard InChI is InChI=1S/C15H16ClNO2S/c1-12-2-8-15(9-3-12)20(18,19)17-11-14-6-4-13(10-16)5-7-14/h2-9,17H,10-11H2,1H3. The van der Waals surface area contributed by atoms with Crippen LogP contribution in [0.1, 0.15) is 16.7 Å². The summed E-state index contributed by atoms with van der Waals surface area (Å²) in [7, 11) is -3.47. The van der Waals surface area contributed by atoms with Crippen molar-refractivity contribution < 1.29 is 8.42 Å². The van der Waals surface area contributed by atoms with Gasteiger partial charge >= 0.3 is 0 Å². The molecule has 2 aromatic rings.